The highest BCUT2D eigenvalue weighted by atomic mass is 79.9. The average Bonchev–Trinajstić information content (AvgIpc) is 2.52. The Balaban J connectivity index is 2.17. The lowest BCUT2D eigenvalue weighted by molar-refractivity contribution is 1.24. The molecule has 2 heteroatoms. The molecule has 3 aromatic carbocycles. The fourth-order valence-electron chi connectivity index (χ4n) is 2.65. The third-order valence-electron chi connectivity index (χ3n) is 3.69. The minimum absolute atomic E-state index is 1.09. The standard InChI is InChI=1S/C20H18BrN/c1-15-8-13-20(16(2)14-15)22(18-6-4-3-5-7-18)19-11-9-17(21)10-12-19/h3-14H,1-2H3. The van der Waals surface area contributed by atoms with Gasteiger partial charge in [0, 0.05) is 21.5 Å². The van der Waals surface area contributed by atoms with Gasteiger partial charge in [0.05, 0.1) is 0 Å². The van der Waals surface area contributed by atoms with E-state index in [0.29, 0.717) is 0 Å². The maximum Gasteiger partial charge on any atom is 0.0490 e. The Morgan fingerprint density at radius 2 is 1.36 bits per heavy atom. The lowest BCUT2D eigenvalue weighted by Crippen LogP contribution is -2.11. The first-order valence-corrected chi connectivity index (χ1v) is 8.12. The molecule has 3 aromatic rings. The van der Waals surface area contributed by atoms with Crippen molar-refractivity contribution in [3.63, 3.8) is 0 Å². The van der Waals surface area contributed by atoms with Gasteiger partial charge in [-0.3, -0.25) is 0 Å². The summed E-state index contributed by atoms with van der Waals surface area (Å²) in [5, 5.41) is 0. The quantitative estimate of drug-likeness (QED) is 0.518. The second kappa shape index (κ2) is 6.37. The van der Waals surface area contributed by atoms with E-state index in [4.69, 9.17) is 0 Å². The normalized spacial score (nSPS) is 10.5. The van der Waals surface area contributed by atoms with Crippen molar-refractivity contribution in [1.82, 2.24) is 0 Å². The Labute approximate surface area is 140 Å². The maximum atomic E-state index is 3.51. The molecular weight excluding hydrogens is 334 g/mol. The summed E-state index contributed by atoms with van der Waals surface area (Å²) in [5.74, 6) is 0. The Bertz CT molecular complexity index is 763. The van der Waals surface area contributed by atoms with E-state index in [9.17, 15) is 0 Å². The van der Waals surface area contributed by atoms with E-state index in [2.05, 4.69) is 101 Å². The van der Waals surface area contributed by atoms with Crippen LogP contribution < -0.4 is 4.90 Å². The van der Waals surface area contributed by atoms with Crippen molar-refractivity contribution >= 4 is 33.0 Å². The number of nitrogens with zero attached hydrogens (tertiary/aromatic N) is 1. The van der Waals surface area contributed by atoms with Crippen molar-refractivity contribution in [2.45, 2.75) is 13.8 Å². The largest absolute Gasteiger partial charge is 0.310 e. The summed E-state index contributed by atoms with van der Waals surface area (Å²) in [7, 11) is 0. The molecule has 0 amide bonds. The van der Waals surface area contributed by atoms with Crippen LogP contribution in [0, 0.1) is 13.8 Å². The first-order valence-electron chi connectivity index (χ1n) is 7.33. The molecular formula is C20H18BrN. The third kappa shape index (κ3) is 3.07. The van der Waals surface area contributed by atoms with E-state index in [1.807, 2.05) is 6.07 Å². The molecule has 0 N–H and O–H groups in total. The molecule has 0 aliphatic rings. The zero-order valence-electron chi connectivity index (χ0n) is 12.8. The topological polar surface area (TPSA) is 3.24 Å². The van der Waals surface area contributed by atoms with E-state index in [1.165, 1.54) is 16.8 Å². The van der Waals surface area contributed by atoms with Gasteiger partial charge in [-0.15, -0.1) is 0 Å². The van der Waals surface area contributed by atoms with Crippen LogP contribution in [0.1, 0.15) is 11.1 Å². The van der Waals surface area contributed by atoms with E-state index >= 15 is 0 Å². The zero-order valence-corrected chi connectivity index (χ0v) is 14.3. The Hall–Kier alpha value is -2.06. The van der Waals surface area contributed by atoms with E-state index < -0.39 is 0 Å². The molecule has 0 spiro atoms. The summed E-state index contributed by atoms with van der Waals surface area (Å²) in [4.78, 5) is 2.29. The van der Waals surface area contributed by atoms with Crippen LogP contribution in [0.4, 0.5) is 17.1 Å². The monoisotopic (exact) mass is 351 g/mol. The molecule has 0 radical (unpaired) electrons. The predicted molar refractivity (Wildman–Crippen MR) is 98.3 cm³/mol. The first kappa shape index (κ1) is 14.9. The number of anilines is 3. The van der Waals surface area contributed by atoms with Gasteiger partial charge in [-0.1, -0.05) is 51.8 Å². The summed E-state index contributed by atoms with van der Waals surface area (Å²) in [5.41, 5.74) is 6.08. The highest BCUT2D eigenvalue weighted by molar-refractivity contribution is 9.10. The summed E-state index contributed by atoms with van der Waals surface area (Å²) in [6.07, 6.45) is 0. The van der Waals surface area contributed by atoms with Crippen LogP contribution in [0.25, 0.3) is 0 Å². The summed E-state index contributed by atoms with van der Waals surface area (Å²) < 4.78 is 1.09. The van der Waals surface area contributed by atoms with Crippen LogP contribution in [0.5, 0.6) is 0 Å². The molecule has 0 saturated heterocycles. The van der Waals surface area contributed by atoms with E-state index in [-0.39, 0.29) is 0 Å². The highest BCUT2D eigenvalue weighted by Gasteiger charge is 2.13. The number of hydrogen-bond acceptors (Lipinski definition) is 1. The minimum Gasteiger partial charge on any atom is -0.310 e. The van der Waals surface area contributed by atoms with Crippen LogP contribution in [0.2, 0.25) is 0 Å². The molecule has 0 heterocycles. The summed E-state index contributed by atoms with van der Waals surface area (Å²) >= 11 is 3.51. The second-order valence-electron chi connectivity index (χ2n) is 5.44. The second-order valence-corrected chi connectivity index (χ2v) is 6.35. The van der Waals surface area contributed by atoms with Crippen molar-refractivity contribution in [3.05, 3.63) is 88.4 Å². The molecule has 22 heavy (non-hydrogen) atoms. The molecule has 0 aliphatic heterocycles. The molecule has 0 aromatic heterocycles. The molecule has 0 unspecified atom stereocenters. The van der Waals surface area contributed by atoms with Gasteiger partial charge in [-0.2, -0.15) is 0 Å². The van der Waals surface area contributed by atoms with E-state index in [1.54, 1.807) is 0 Å². The van der Waals surface area contributed by atoms with Crippen molar-refractivity contribution in [2.24, 2.45) is 0 Å². The van der Waals surface area contributed by atoms with Crippen LogP contribution in [0.15, 0.2) is 77.3 Å². The lowest BCUT2D eigenvalue weighted by Gasteiger charge is -2.27. The predicted octanol–water partition coefficient (Wildman–Crippen LogP) is 6.54. The van der Waals surface area contributed by atoms with Gasteiger partial charge in [0.15, 0.2) is 0 Å². The Morgan fingerprint density at radius 3 is 2.00 bits per heavy atom. The van der Waals surface area contributed by atoms with E-state index in [0.717, 1.165) is 15.8 Å². The minimum atomic E-state index is 1.09. The summed E-state index contributed by atoms with van der Waals surface area (Å²) in [6, 6.07) is 25.5. The van der Waals surface area contributed by atoms with Gasteiger partial charge in [0.25, 0.3) is 0 Å². The third-order valence-corrected chi connectivity index (χ3v) is 4.22. The van der Waals surface area contributed by atoms with Crippen molar-refractivity contribution in [3.8, 4) is 0 Å². The van der Waals surface area contributed by atoms with Crippen molar-refractivity contribution in [1.29, 1.82) is 0 Å². The summed E-state index contributed by atoms with van der Waals surface area (Å²) in [6.45, 7) is 4.29. The molecule has 3 rings (SSSR count). The molecule has 1 nitrogen and oxygen atoms in total. The van der Waals surface area contributed by atoms with Crippen LogP contribution >= 0.6 is 15.9 Å². The Kier molecular flexibility index (Phi) is 4.30. The Morgan fingerprint density at radius 1 is 0.727 bits per heavy atom. The maximum absolute atomic E-state index is 3.51. The number of aryl methyl sites for hydroxylation is 2. The number of halogens is 1. The van der Waals surface area contributed by atoms with Crippen LogP contribution in [-0.2, 0) is 0 Å². The number of hydrogen-bond donors (Lipinski definition) is 0. The smallest absolute Gasteiger partial charge is 0.0490 e. The first-order chi connectivity index (χ1) is 10.6. The molecule has 0 fully saturated rings. The van der Waals surface area contributed by atoms with Gasteiger partial charge in [-0.25, -0.2) is 0 Å². The molecule has 110 valence electrons. The number of para-hydroxylation sites is 1. The fourth-order valence-corrected chi connectivity index (χ4v) is 2.92. The number of benzene rings is 3. The van der Waals surface area contributed by atoms with Gasteiger partial charge in [-0.05, 0) is 61.9 Å². The highest BCUT2D eigenvalue weighted by Crippen LogP contribution is 2.36. The van der Waals surface area contributed by atoms with Gasteiger partial charge < -0.3 is 4.90 Å². The molecule has 0 aliphatic carbocycles. The molecule has 0 bridgehead atoms. The zero-order chi connectivity index (χ0) is 15.5. The van der Waals surface area contributed by atoms with Gasteiger partial charge >= 0.3 is 0 Å². The SMILES string of the molecule is Cc1ccc(N(c2ccccc2)c2ccc(Br)cc2)c(C)c1. The fraction of sp³-hybridized carbons (Fsp3) is 0.100. The van der Waals surface area contributed by atoms with Crippen molar-refractivity contribution in [2.75, 3.05) is 4.90 Å². The van der Waals surface area contributed by atoms with Gasteiger partial charge in [0.1, 0.15) is 0 Å². The molecule has 0 atom stereocenters. The van der Waals surface area contributed by atoms with Crippen molar-refractivity contribution < 1.29 is 0 Å². The molecule has 0 saturated carbocycles. The van der Waals surface area contributed by atoms with Crippen LogP contribution in [-0.4, -0.2) is 0 Å². The van der Waals surface area contributed by atoms with Crippen LogP contribution in [0.3, 0.4) is 0 Å². The number of rotatable bonds is 3. The lowest BCUT2D eigenvalue weighted by atomic mass is 10.1. The van der Waals surface area contributed by atoms with Gasteiger partial charge in [0.2, 0.25) is 0 Å². The average molecular weight is 352 g/mol.